The molecule has 0 aliphatic carbocycles. The zero-order valence-electron chi connectivity index (χ0n) is 13.8. The first-order chi connectivity index (χ1) is 9.85. The van der Waals surface area contributed by atoms with Crippen molar-refractivity contribution >= 4 is 12.0 Å². The van der Waals surface area contributed by atoms with Crippen molar-refractivity contribution in [3.63, 3.8) is 0 Å². The van der Waals surface area contributed by atoms with Crippen LogP contribution in [0.1, 0.15) is 39.0 Å². The van der Waals surface area contributed by atoms with Crippen molar-refractivity contribution in [1.29, 1.82) is 0 Å². The van der Waals surface area contributed by atoms with E-state index in [0.717, 1.165) is 25.8 Å². The minimum atomic E-state index is -0.998. The molecule has 0 aromatic rings. The number of hydrogen-bond acceptors (Lipinski definition) is 3. The molecule has 2 amide bonds. The third kappa shape index (κ3) is 4.09. The molecule has 122 valence electrons. The van der Waals surface area contributed by atoms with Gasteiger partial charge in [-0.3, -0.25) is 0 Å². The lowest BCUT2D eigenvalue weighted by atomic mass is 9.91. The lowest BCUT2D eigenvalue weighted by molar-refractivity contribution is -0.148. The maximum Gasteiger partial charge on any atom is 0.329 e. The summed E-state index contributed by atoms with van der Waals surface area (Å²) in [4.78, 5) is 29.6. The largest absolute Gasteiger partial charge is 0.479 e. The summed E-state index contributed by atoms with van der Waals surface area (Å²) in [5, 5.41) is 9.63. The Kier molecular flexibility index (Phi) is 6.45. The van der Waals surface area contributed by atoms with E-state index in [4.69, 9.17) is 0 Å². The van der Waals surface area contributed by atoms with E-state index >= 15 is 0 Å². The Morgan fingerprint density at radius 3 is 2.43 bits per heavy atom. The average Bonchev–Trinajstić information content (AvgIpc) is 2.82. The zero-order valence-corrected chi connectivity index (χ0v) is 13.8. The number of aliphatic carboxylic acids is 1. The third-order valence-electron chi connectivity index (χ3n) is 4.21. The second kappa shape index (κ2) is 7.64. The second-order valence-electron chi connectivity index (χ2n) is 6.20. The SMILES string of the molecule is CCCC1(C(=O)O)CCCN1C(=O)N(C)CCCN(C)C. The highest BCUT2D eigenvalue weighted by Crippen LogP contribution is 2.34. The fraction of sp³-hybridized carbons (Fsp3) is 0.867. The Morgan fingerprint density at radius 2 is 1.90 bits per heavy atom. The highest BCUT2D eigenvalue weighted by molar-refractivity contribution is 5.87. The number of nitrogens with zero attached hydrogens (tertiary/aromatic N) is 3. The Morgan fingerprint density at radius 1 is 1.24 bits per heavy atom. The lowest BCUT2D eigenvalue weighted by Gasteiger charge is -2.37. The number of likely N-dealkylation sites (tertiary alicyclic amines) is 1. The second-order valence-corrected chi connectivity index (χ2v) is 6.20. The zero-order chi connectivity index (χ0) is 16.0. The van der Waals surface area contributed by atoms with Gasteiger partial charge in [0.2, 0.25) is 0 Å². The van der Waals surface area contributed by atoms with Gasteiger partial charge >= 0.3 is 12.0 Å². The van der Waals surface area contributed by atoms with E-state index < -0.39 is 11.5 Å². The van der Waals surface area contributed by atoms with Crippen LogP contribution in [-0.2, 0) is 4.79 Å². The molecule has 1 unspecified atom stereocenters. The summed E-state index contributed by atoms with van der Waals surface area (Å²) < 4.78 is 0. The molecule has 1 rings (SSSR count). The van der Waals surface area contributed by atoms with E-state index in [0.29, 0.717) is 25.9 Å². The Labute approximate surface area is 127 Å². The predicted octanol–water partition coefficient (Wildman–Crippen LogP) is 1.71. The van der Waals surface area contributed by atoms with Crippen molar-refractivity contribution in [3.05, 3.63) is 0 Å². The quantitative estimate of drug-likeness (QED) is 0.777. The highest BCUT2D eigenvalue weighted by Gasteiger charge is 2.49. The molecule has 1 heterocycles. The smallest absolute Gasteiger partial charge is 0.329 e. The van der Waals surface area contributed by atoms with Crippen LogP contribution in [-0.4, -0.2) is 78.1 Å². The molecule has 0 spiro atoms. The van der Waals surface area contributed by atoms with Gasteiger partial charge in [0.15, 0.2) is 0 Å². The molecule has 21 heavy (non-hydrogen) atoms. The van der Waals surface area contributed by atoms with E-state index in [9.17, 15) is 14.7 Å². The summed E-state index contributed by atoms with van der Waals surface area (Å²) >= 11 is 0. The topological polar surface area (TPSA) is 64.1 Å². The fourth-order valence-corrected chi connectivity index (χ4v) is 3.09. The van der Waals surface area contributed by atoms with Crippen LogP contribution in [0.25, 0.3) is 0 Å². The molecule has 0 saturated carbocycles. The van der Waals surface area contributed by atoms with E-state index in [1.807, 2.05) is 21.0 Å². The Hall–Kier alpha value is -1.30. The first kappa shape index (κ1) is 17.8. The van der Waals surface area contributed by atoms with E-state index in [1.165, 1.54) is 0 Å². The molecule has 6 nitrogen and oxygen atoms in total. The van der Waals surface area contributed by atoms with Gasteiger partial charge in [-0.05, 0) is 46.3 Å². The molecule has 1 fully saturated rings. The molecule has 1 N–H and O–H groups in total. The van der Waals surface area contributed by atoms with Gasteiger partial charge in [0.05, 0.1) is 0 Å². The van der Waals surface area contributed by atoms with Crippen LogP contribution in [0.5, 0.6) is 0 Å². The van der Waals surface area contributed by atoms with Crippen LogP contribution in [0.3, 0.4) is 0 Å². The summed E-state index contributed by atoms with van der Waals surface area (Å²) in [5.74, 6) is -0.864. The third-order valence-corrected chi connectivity index (χ3v) is 4.21. The van der Waals surface area contributed by atoms with Crippen molar-refractivity contribution in [2.75, 3.05) is 40.8 Å². The predicted molar refractivity (Wildman–Crippen MR) is 82.4 cm³/mol. The van der Waals surface area contributed by atoms with Gasteiger partial charge in [0.25, 0.3) is 0 Å². The van der Waals surface area contributed by atoms with Crippen LogP contribution >= 0.6 is 0 Å². The highest BCUT2D eigenvalue weighted by atomic mass is 16.4. The van der Waals surface area contributed by atoms with Crippen molar-refractivity contribution in [2.45, 2.75) is 44.6 Å². The summed E-state index contributed by atoms with van der Waals surface area (Å²) in [7, 11) is 5.76. The molecule has 1 aliphatic heterocycles. The molecular formula is C15H29N3O3. The van der Waals surface area contributed by atoms with Gasteiger partial charge in [-0.2, -0.15) is 0 Å². The summed E-state index contributed by atoms with van der Waals surface area (Å²) in [6.07, 6.45) is 3.51. The number of hydrogen-bond donors (Lipinski definition) is 1. The Balaban J connectivity index is 2.72. The van der Waals surface area contributed by atoms with E-state index in [2.05, 4.69) is 4.90 Å². The normalized spacial score (nSPS) is 21.9. The minimum Gasteiger partial charge on any atom is -0.479 e. The standard InChI is InChI=1S/C15H29N3O3/c1-5-8-15(13(19)20)9-6-12-18(15)14(21)17(4)11-7-10-16(2)3/h5-12H2,1-4H3,(H,19,20). The first-order valence-electron chi connectivity index (χ1n) is 7.76. The molecule has 1 atom stereocenters. The molecule has 6 heteroatoms. The first-order valence-corrected chi connectivity index (χ1v) is 7.76. The van der Waals surface area contributed by atoms with Crippen LogP contribution in [0.4, 0.5) is 4.79 Å². The molecule has 0 aromatic heterocycles. The monoisotopic (exact) mass is 299 g/mol. The van der Waals surface area contributed by atoms with Crippen LogP contribution in [0.15, 0.2) is 0 Å². The van der Waals surface area contributed by atoms with Crippen molar-refractivity contribution in [1.82, 2.24) is 14.7 Å². The number of carboxylic acid groups (broad SMARTS) is 1. The molecule has 1 aliphatic rings. The lowest BCUT2D eigenvalue weighted by Crippen LogP contribution is -2.56. The number of carboxylic acids is 1. The molecule has 0 radical (unpaired) electrons. The molecule has 0 aromatic carbocycles. The van der Waals surface area contributed by atoms with Crippen molar-refractivity contribution < 1.29 is 14.7 Å². The molecular weight excluding hydrogens is 270 g/mol. The maximum absolute atomic E-state index is 12.6. The number of carbonyl (C=O) groups excluding carboxylic acids is 1. The van der Waals surface area contributed by atoms with Gasteiger partial charge in [-0.15, -0.1) is 0 Å². The van der Waals surface area contributed by atoms with Crippen LogP contribution in [0, 0.1) is 0 Å². The van der Waals surface area contributed by atoms with Crippen molar-refractivity contribution in [2.24, 2.45) is 0 Å². The summed E-state index contributed by atoms with van der Waals surface area (Å²) in [5.41, 5.74) is -0.998. The van der Waals surface area contributed by atoms with E-state index in [-0.39, 0.29) is 6.03 Å². The van der Waals surface area contributed by atoms with E-state index in [1.54, 1.807) is 16.8 Å². The number of rotatable bonds is 7. The van der Waals surface area contributed by atoms with Crippen molar-refractivity contribution in [3.8, 4) is 0 Å². The number of urea groups is 1. The van der Waals surface area contributed by atoms with Gasteiger partial charge in [-0.1, -0.05) is 13.3 Å². The summed E-state index contributed by atoms with van der Waals surface area (Å²) in [6, 6.07) is -0.151. The molecule has 1 saturated heterocycles. The van der Waals surface area contributed by atoms with Gasteiger partial charge in [-0.25, -0.2) is 9.59 Å². The van der Waals surface area contributed by atoms with Gasteiger partial charge in [0.1, 0.15) is 5.54 Å². The number of carbonyl (C=O) groups is 2. The number of amides is 2. The fourth-order valence-electron chi connectivity index (χ4n) is 3.09. The summed E-state index contributed by atoms with van der Waals surface area (Å²) in [6.45, 7) is 4.07. The van der Waals surface area contributed by atoms with Gasteiger partial charge < -0.3 is 19.8 Å². The van der Waals surface area contributed by atoms with Crippen LogP contribution < -0.4 is 0 Å². The Bertz CT molecular complexity index is 373. The van der Waals surface area contributed by atoms with Crippen LogP contribution in [0.2, 0.25) is 0 Å². The maximum atomic E-state index is 12.6. The average molecular weight is 299 g/mol. The molecule has 0 bridgehead atoms. The minimum absolute atomic E-state index is 0.151. The van der Waals surface area contributed by atoms with Gasteiger partial charge in [0, 0.05) is 20.1 Å².